The molecular formula is C27H31NO7. The molecule has 2 aromatic carbocycles. The number of aryl methyl sites for hydroxylation is 3. The Bertz CT molecular complexity index is 1190. The van der Waals surface area contributed by atoms with Crippen LogP contribution in [-0.2, 0) is 23.8 Å². The fraction of sp³-hybridized carbons (Fsp3) is 0.370. The minimum atomic E-state index is -1.17. The van der Waals surface area contributed by atoms with Gasteiger partial charge in [0.15, 0.2) is 6.29 Å². The Hall–Kier alpha value is -3.49. The number of nitrogens with zero attached hydrogens (tertiary/aromatic N) is 1. The molecule has 0 aliphatic carbocycles. The van der Waals surface area contributed by atoms with E-state index in [9.17, 15) is 14.4 Å². The Labute approximate surface area is 205 Å². The lowest BCUT2D eigenvalue weighted by molar-refractivity contribution is -0.276. The number of esters is 2. The van der Waals surface area contributed by atoms with Gasteiger partial charge in [0.05, 0.1) is 23.8 Å². The summed E-state index contributed by atoms with van der Waals surface area (Å²) < 4.78 is 15.9. The molecule has 2 aromatic rings. The van der Waals surface area contributed by atoms with Crippen LogP contribution in [0.1, 0.15) is 63.7 Å². The van der Waals surface area contributed by atoms with Crippen LogP contribution >= 0.6 is 0 Å². The Morgan fingerprint density at radius 3 is 2.00 bits per heavy atom. The molecule has 0 saturated heterocycles. The van der Waals surface area contributed by atoms with E-state index in [0.29, 0.717) is 5.56 Å². The Balaban J connectivity index is 2.20. The lowest BCUT2D eigenvalue weighted by atomic mass is 9.91. The summed E-state index contributed by atoms with van der Waals surface area (Å²) in [5, 5.41) is 1.17. The van der Waals surface area contributed by atoms with Crippen molar-refractivity contribution < 1.29 is 33.4 Å². The summed E-state index contributed by atoms with van der Waals surface area (Å²) in [6.45, 7) is 10.9. The van der Waals surface area contributed by atoms with Crippen molar-refractivity contribution in [1.29, 1.82) is 0 Å². The molecule has 186 valence electrons. The molecule has 1 aliphatic heterocycles. The van der Waals surface area contributed by atoms with Crippen molar-refractivity contribution in [2.75, 3.05) is 14.2 Å². The highest BCUT2D eigenvalue weighted by Gasteiger charge is 2.51. The summed E-state index contributed by atoms with van der Waals surface area (Å²) in [6.07, 6.45) is -0.727. The maximum absolute atomic E-state index is 13.7. The van der Waals surface area contributed by atoms with E-state index in [1.807, 2.05) is 32.9 Å². The third kappa shape index (κ3) is 4.85. The third-order valence-corrected chi connectivity index (χ3v) is 5.95. The maximum Gasteiger partial charge on any atom is 0.344 e. The molecule has 0 bridgehead atoms. The summed E-state index contributed by atoms with van der Waals surface area (Å²) in [5.41, 5.74) is 2.55. The highest BCUT2D eigenvalue weighted by atomic mass is 16.8. The predicted octanol–water partition coefficient (Wildman–Crippen LogP) is 4.51. The van der Waals surface area contributed by atoms with Crippen molar-refractivity contribution in [3.8, 4) is 0 Å². The highest BCUT2D eigenvalue weighted by Crippen LogP contribution is 2.43. The number of amides is 1. The van der Waals surface area contributed by atoms with Crippen LogP contribution in [0.2, 0.25) is 0 Å². The second-order valence-electron chi connectivity index (χ2n) is 8.97. The average molecular weight is 482 g/mol. The van der Waals surface area contributed by atoms with Crippen molar-refractivity contribution in [1.82, 2.24) is 5.06 Å². The number of rotatable bonds is 7. The molecule has 1 heterocycles. The normalized spacial score (nSPS) is 15.9. The predicted molar refractivity (Wildman–Crippen MR) is 129 cm³/mol. The van der Waals surface area contributed by atoms with Gasteiger partial charge in [0, 0.05) is 7.11 Å². The zero-order valence-electron chi connectivity index (χ0n) is 21.3. The van der Waals surface area contributed by atoms with Gasteiger partial charge in [-0.3, -0.25) is 4.79 Å². The summed E-state index contributed by atoms with van der Waals surface area (Å²) >= 11 is 0. The van der Waals surface area contributed by atoms with Gasteiger partial charge >= 0.3 is 11.9 Å². The minimum Gasteiger partial charge on any atom is -0.465 e. The number of ether oxygens (including phenoxy) is 3. The fourth-order valence-corrected chi connectivity index (χ4v) is 4.29. The van der Waals surface area contributed by atoms with Crippen molar-refractivity contribution in [2.24, 2.45) is 0 Å². The third-order valence-electron chi connectivity index (χ3n) is 5.95. The van der Waals surface area contributed by atoms with Crippen LogP contribution in [0.5, 0.6) is 0 Å². The molecule has 8 heteroatoms. The van der Waals surface area contributed by atoms with E-state index < -0.39 is 29.7 Å². The Morgan fingerprint density at radius 2 is 1.49 bits per heavy atom. The molecule has 0 fully saturated rings. The second kappa shape index (κ2) is 10.0. The van der Waals surface area contributed by atoms with Crippen molar-refractivity contribution >= 4 is 23.4 Å². The molecule has 0 spiro atoms. The maximum atomic E-state index is 13.7. The van der Waals surface area contributed by atoms with Gasteiger partial charge in [0.1, 0.15) is 11.3 Å². The fourth-order valence-electron chi connectivity index (χ4n) is 4.29. The van der Waals surface area contributed by atoms with Crippen molar-refractivity contribution in [3.63, 3.8) is 0 Å². The smallest absolute Gasteiger partial charge is 0.344 e. The topological polar surface area (TPSA) is 91.4 Å². The second-order valence-corrected chi connectivity index (χ2v) is 8.97. The molecule has 0 N–H and O–H groups in total. The van der Waals surface area contributed by atoms with Crippen LogP contribution in [0.3, 0.4) is 0 Å². The van der Waals surface area contributed by atoms with Gasteiger partial charge in [-0.05, 0) is 70.4 Å². The van der Waals surface area contributed by atoms with Crippen LogP contribution in [0.25, 0.3) is 5.57 Å². The number of hydroxylamine groups is 2. The number of benzene rings is 2. The van der Waals surface area contributed by atoms with E-state index in [2.05, 4.69) is 0 Å². The molecule has 1 amide bonds. The van der Waals surface area contributed by atoms with E-state index in [1.54, 1.807) is 32.9 Å². The first-order chi connectivity index (χ1) is 16.4. The number of carbonyl (C=O) groups excluding carboxylic acids is 3. The highest BCUT2D eigenvalue weighted by molar-refractivity contribution is 6.24. The molecule has 0 radical (unpaired) electrons. The summed E-state index contributed by atoms with van der Waals surface area (Å²) in [5.74, 6) is -1.80. The molecule has 8 nitrogen and oxygen atoms in total. The zero-order valence-corrected chi connectivity index (χ0v) is 21.3. The molecule has 35 heavy (non-hydrogen) atoms. The van der Waals surface area contributed by atoms with Gasteiger partial charge in [0.25, 0.3) is 5.91 Å². The quantitative estimate of drug-likeness (QED) is 0.424. The van der Waals surface area contributed by atoms with Gasteiger partial charge in [-0.1, -0.05) is 29.8 Å². The van der Waals surface area contributed by atoms with Gasteiger partial charge in [-0.25, -0.2) is 19.5 Å². The molecular weight excluding hydrogens is 450 g/mol. The van der Waals surface area contributed by atoms with Gasteiger partial charge in [-0.2, -0.15) is 0 Å². The van der Waals surface area contributed by atoms with E-state index >= 15 is 0 Å². The first-order valence-electron chi connectivity index (χ1n) is 11.2. The lowest BCUT2D eigenvalue weighted by Crippen LogP contribution is -2.46. The number of hydrogen-bond acceptors (Lipinski definition) is 7. The van der Waals surface area contributed by atoms with E-state index in [-0.39, 0.29) is 22.5 Å². The molecule has 1 unspecified atom stereocenters. The number of carbonyl (C=O) groups is 3. The average Bonchev–Trinajstić information content (AvgIpc) is 2.98. The first-order valence-corrected chi connectivity index (χ1v) is 11.2. The van der Waals surface area contributed by atoms with Crippen molar-refractivity contribution in [3.05, 3.63) is 75.5 Å². The number of hydrogen-bond donors (Lipinski definition) is 0. The Morgan fingerprint density at radius 1 is 0.943 bits per heavy atom. The van der Waals surface area contributed by atoms with Crippen molar-refractivity contribution in [2.45, 2.75) is 53.4 Å². The van der Waals surface area contributed by atoms with Crippen LogP contribution in [0, 0.1) is 20.8 Å². The van der Waals surface area contributed by atoms with Gasteiger partial charge in [0.2, 0.25) is 0 Å². The SMILES string of the molecule is COC(=O)c1ccccc1C(=O)OC1=C(c2c(C)cc(C)cc2C)C(=O)N(OC(C)OC)C1(C)C. The summed E-state index contributed by atoms with van der Waals surface area (Å²) in [6, 6.07) is 10.1. The van der Waals surface area contributed by atoms with Gasteiger partial charge in [-0.15, -0.1) is 0 Å². The largest absolute Gasteiger partial charge is 0.465 e. The molecule has 3 rings (SSSR count). The van der Waals surface area contributed by atoms with Crippen LogP contribution in [-0.4, -0.2) is 49.0 Å². The monoisotopic (exact) mass is 481 g/mol. The van der Waals surface area contributed by atoms with Crippen LogP contribution in [0.15, 0.2) is 42.2 Å². The van der Waals surface area contributed by atoms with Crippen LogP contribution in [0.4, 0.5) is 0 Å². The van der Waals surface area contributed by atoms with E-state index in [1.165, 1.54) is 31.4 Å². The lowest BCUT2D eigenvalue weighted by Gasteiger charge is -2.33. The standard InChI is InChI=1S/C27H31NO7/c1-15-13-16(2)21(17(3)14-15)22-23(27(5,6)28(24(22)29)35-18(4)32-7)34-26(31)20-12-10-9-11-19(20)25(30)33-8/h9-14,18H,1-8H3. The summed E-state index contributed by atoms with van der Waals surface area (Å²) in [4.78, 5) is 45.1. The van der Waals surface area contributed by atoms with E-state index in [0.717, 1.165) is 16.7 Å². The van der Waals surface area contributed by atoms with Gasteiger partial charge < -0.3 is 14.2 Å². The molecule has 0 aromatic heterocycles. The first kappa shape index (κ1) is 26.1. The van der Waals surface area contributed by atoms with E-state index in [4.69, 9.17) is 19.0 Å². The van der Waals surface area contributed by atoms with Crippen LogP contribution < -0.4 is 0 Å². The molecule has 1 aliphatic rings. The number of methoxy groups -OCH3 is 2. The summed E-state index contributed by atoms with van der Waals surface area (Å²) in [7, 11) is 2.70. The Kier molecular flexibility index (Phi) is 7.47. The molecule has 1 atom stereocenters. The zero-order chi connectivity index (χ0) is 26.1. The minimum absolute atomic E-state index is 0.0245. The molecule has 0 saturated carbocycles.